The van der Waals surface area contributed by atoms with Gasteiger partial charge in [0, 0.05) is 17.2 Å². The minimum absolute atomic E-state index is 0.0181. The molecular formula is C18H18N2O4. The van der Waals surface area contributed by atoms with Crippen LogP contribution >= 0.6 is 0 Å². The third-order valence-corrected chi connectivity index (χ3v) is 3.79. The Kier molecular flexibility index (Phi) is 4.39. The Morgan fingerprint density at radius 2 is 1.79 bits per heavy atom. The molecule has 0 saturated heterocycles. The van der Waals surface area contributed by atoms with E-state index < -0.39 is 0 Å². The lowest BCUT2D eigenvalue weighted by molar-refractivity contribution is 0.270. The molecular weight excluding hydrogens is 308 g/mol. The summed E-state index contributed by atoms with van der Waals surface area (Å²) in [4.78, 5) is 0. The molecule has 0 spiro atoms. The van der Waals surface area contributed by atoms with Crippen molar-refractivity contribution in [1.29, 1.82) is 0 Å². The van der Waals surface area contributed by atoms with E-state index in [4.69, 9.17) is 4.74 Å². The first kappa shape index (κ1) is 15.9. The first-order chi connectivity index (χ1) is 11.6. The van der Waals surface area contributed by atoms with Gasteiger partial charge in [-0.05, 0) is 29.8 Å². The lowest BCUT2D eigenvalue weighted by Crippen LogP contribution is -2.06. The van der Waals surface area contributed by atoms with Gasteiger partial charge in [-0.1, -0.05) is 12.1 Å². The van der Waals surface area contributed by atoms with Crippen molar-refractivity contribution in [3.05, 3.63) is 48.7 Å². The minimum Gasteiger partial charge on any atom is -0.508 e. The Morgan fingerprint density at radius 3 is 2.42 bits per heavy atom. The van der Waals surface area contributed by atoms with Crippen LogP contribution in [0.15, 0.2) is 48.7 Å². The van der Waals surface area contributed by atoms with Crippen molar-refractivity contribution in [3.63, 3.8) is 0 Å². The molecule has 6 nitrogen and oxygen atoms in total. The van der Waals surface area contributed by atoms with Crippen molar-refractivity contribution in [2.45, 2.75) is 6.54 Å². The predicted molar refractivity (Wildman–Crippen MR) is 90.1 cm³/mol. The molecule has 3 rings (SSSR count). The molecule has 0 bridgehead atoms. The van der Waals surface area contributed by atoms with Gasteiger partial charge in [-0.15, -0.1) is 0 Å². The van der Waals surface area contributed by atoms with E-state index in [1.54, 1.807) is 24.1 Å². The van der Waals surface area contributed by atoms with E-state index in [-0.39, 0.29) is 18.1 Å². The van der Waals surface area contributed by atoms with Crippen LogP contribution in [0.1, 0.15) is 0 Å². The fraction of sp³-hybridized carbons (Fsp3) is 0.167. The molecule has 1 aromatic heterocycles. The molecule has 24 heavy (non-hydrogen) atoms. The van der Waals surface area contributed by atoms with E-state index >= 15 is 0 Å². The van der Waals surface area contributed by atoms with Gasteiger partial charge < -0.3 is 20.1 Å². The number of rotatable bonds is 5. The van der Waals surface area contributed by atoms with Crippen LogP contribution < -0.4 is 4.74 Å². The number of phenols is 2. The second kappa shape index (κ2) is 6.64. The fourth-order valence-electron chi connectivity index (χ4n) is 2.64. The van der Waals surface area contributed by atoms with Crippen molar-refractivity contribution >= 4 is 0 Å². The molecule has 0 radical (unpaired) electrons. The highest BCUT2D eigenvalue weighted by atomic mass is 16.5. The first-order valence-electron chi connectivity index (χ1n) is 7.47. The number of phenolic OH excluding ortho intramolecular Hbond substituents is 2. The predicted octanol–water partition coefficient (Wildman–Crippen LogP) is 2.63. The molecule has 0 atom stereocenters. The van der Waals surface area contributed by atoms with Crippen LogP contribution in [-0.4, -0.2) is 38.8 Å². The Bertz CT molecular complexity index is 841. The Balaban J connectivity index is 2.16. The minimum atomic E-state index is -0.0738. The highest BCUT2D eigenvalue weighted by Gasteiger charge is 2.18. The van der Waals surface area contributed by atoms with Crippen molar-refractivity contribution in [2.75, 3.05) is 13.7 Å². The molecule has 3 aromatic rings. The zero-order valence-corrected chi connectivity index (χ0v) is 13.2. The van der Waals surface area contributed by atoms with E-state index in [1.807, 2.05) is 24.3 Å². The molecule has 2 aromatic carbocycles. The lowest BCUT2D eigenvalue weighted by atomic mass is 10.0. The van der Waals surface area contributed by atoms with Gasteiger partial charge >= 0.3 is 0 Å². The zero-order chi connectivity index (χ0) is 17.1. The van der Waals surface area contributed by atoms with E-state index in [0.29, 0.717) is 17.8 Å². The summed E-state index contributed by atoms with van der Waals surface area (Å²) in [6.07, 6.45) is 1.69. The smallest absolute Gasteiger partial charge is 0.128 e. The topological polar surface area (TPSA) is 87.7 Å². The largest absolute Gasteiger partial charge is 0.508 e. The summed E-state index contributed by atoms with van der Waals surface area (Å²) in [5.41, 5.74) is 2.92. The molecule has 0 aliphatic rings. The van der Waals surface area contributed by atoms with Crippen molar-refractivity contribution in [2.24, 2.45) is 0 Å². The third kappa shape index (κ3) is 2.91. The van der Waals surface area contributed by atoms with E-state index in [1.165, 1.54) is 12.1 Å². The lowest BCUT2D eigenvalue weighted by Gasteiger charge is -2.11. The summed E-state index contributed by atoms with van der Waals surface area (Å²) < 4.78 is 6.80. The monoisotopic (exact) mass is 326 g/mol. The van der Waals surface area contributed by atoms with Crippen LogP contribution in [0.25, 0.3) is 22.4 Å². The number of nitrogens with zero attached hydrogens (tertiary/aromatic N) is 2. The molecule has 0 aliphatic carbocycles. The Hall–Kier alpha value is -2.99. The first-order valence-corrected chi connectivity index (χ1v) is 7.47. The molecule has 1 heterocycles. The summed E-state index contributed by atoms with van der Waals surface area (Å²) >= 11 is 0. The van der Waals surface area contributed by atoms with Crippen LogP contribution in [0.5, 0.6) is 17.2 Å². The maximum Gasteiger partial charge on any atom is 0.128 e. The average Bonchev–Trinajstić information content (AvgIpc) is 2.99. The van der Waals surface area contributed by atoms with Gasteiger partial charge in [0.25, 0.3) is 0 Å². The number of hydrogen-bond donors (Lipinski definition) is 3. The number of aliphatic hydroxyl groups excluding tert-OH is 1. The number of aromatic hydroxyl groups is 2. The number of benzene rings is 2. The van der Waals surface area contributed by atoms with Crippen LogP contribution in [-0.2, 0) is 6.54 Å². The molecule has 0 saturated carbocycles. The number of aliphatic hydroxyl groups is 1. The summed E-state index contributed by atoms with van der Waals surface area (Å²) in [5, 5.41) is 33.3. The SMILES string of the molecule is COc1ccc(-c2cnn(CCO)c2-c2ccc(O)cc2O)cc1. The molecule has 0 amide bonds. The van der Waals surface area contributed by atoms with E-state index in [0.717, 1.165) is 16.9 Å². The summed E-state index contributed by atoms with van der Waals surface area (Å²) in [6, 6.07) is 11.9. The van der Waals surface area contributed by atoms with Crippen molar-refractivity contribution in [1.82, 2.24) is 9.78 Å². The van der Waals surface area contributed by atoms with Crippen molar-refractivity contribution < 1.29 is 20.1 Å². The molecule has 0 aliphatic heterocycles. The van der Waals surface area contributed by atoms with Gasteiger partial charge in [0.2, 0.25) is 0 Å². The second-order valence-electron chi connectivity index (χ2n) is 5.28. The standard InChI is InChI=1S/C18H18N2O4/c1-24-14-5-2-12(3-6-14)16-11-19-20(8-9-21)18(16)15-7-4-13(22)10-17(15)23/h2-7,10-11,21-23H,8-9H2,1H3. The van der Waals surface area contributed by atoms with Crippen LogP contribution in [0.2, 0.25) is 0 Å². The van der Waals surface area contributed by atoms with Gasteiger partial charge in [0.05, 0.1) is 32.2 Å². The van der Waals surface area contributed by atoms with Gasteiger partial charge in [0.15, 0.2) is 0 Å². The average molecular weight is 326 g/mol. The van der Waals surface area contributed by atoms with Crippen LogP contribution in [0.3, 0.4) is 0 Å². The van der Waals surface area contributed by atoms with Crippen molar-refractivity contribution in [3.8, 4) is 39.6 Å². The molecule has 3 N–H and O–H groups in total. The summed E-state index contributed by atoms with van der Waals surface area (Å²) in [5.74, 6) is 0.676. The number of hydrogen-bond acceptors (Lipinski definition) is 5. The van der Waals surface area contributed by atoms with Crippen LogP contribution in [0.4, 0.5) is 0 Å². The van der Waals surface area contributed by atoms with Crippen LogP contribution in [0, 0.1) is 0 Å². The maximum atomic E-state index is 10.2. The Morgan fingerprint density at radius 1 is 1.04 bits per heavy atom. The quantitative estimate of drug-likeness (QED) is 0.671. The van der Waals surface area contributed by atoms with E-state index in [9.17, 15) is 15.3 Å². The Labute approximate surface area is 139 Å². The molecule has 0 unspecified atom stereocenters. The van der Waals surface area contributed by atoms with Gasteiger partial charge in [0.1, 0.15) is 17.2 Å². The maximum absolute atomic E-state index is 10.2. The highest BCUT2D eigenvalue weighted by molar-refractivity contribution is 5.84. The number of aromatic nitrogens is 2. The zero-order valence-electron chi connectivity index (χ0n) is 13.2. The molecule has 0 fully saturated rings. The normalized spacial score (nSPS) is 10.8. The van der Waals surface area contributed by atoms with Gasteiger partial charge in [-0.3, -0.25) is 4.68 Å². The fourth-order valence-corrected chi connectivity index (χ4v) is 2.64. The van der Waals surface area contributed by atoms with E-state index in [2.05, 4.69) is 5.10 Å². The number of ether oxygens (including phenoxy) is 1. The summed E-state index contributed by atoms with van der Waals surface area (Å²) in [6.45, 7) is 0.224. The molecule has 124 valence electrons. The number of methoxy groups -OCH3 is 1. The van der Waals surface area contributed by atoms with Gasteiger partial charge in [-0.2, -0.15) is 5.10 Å². The van der Waals surface area contributed by atoms with Gasteiger partial charge in [-0.25, -0.2) is 0 Å². The second-order valence-corrected chi connectivity index (χ2v) is 5.28. The highest BCUT2D eigenvalue weighted by Crippen LogP contribution is 2.38. The molecule has 6 heteroatoms. The third-order valence-electron chi connectivity index (χ3n) is 3.79. The summed E-state index contributed by atoms with van der Waals surface area (Å²) in [7, 11) is 1.61.